The van der Waals surface area contributed by atoms with Crippen molar-refractivity contribution in [2.24, 2.45) is 0 Å². The van der Waals surface area contributed by atoms with E-state index in [1.807, 2.05) is 12.1 Å². The number of carbonyl (C=O) groups excluding carboxylic acids is 2. The molecule has 2 amide bonds. The van der Waals surface area contributed by atoms with Crippen LogP contribution in [-0.4, -0.2) is 24.9 Å². The Bertz CT molecular complexity index is 748. The molecule has 0 saturated heterocycles. The van der Waals surface area contributed by atoms with Gasteiger partial charge >= 0.3 is 0 Å². The Morgan fingerprint density at radius 2 is 1.52 bits per heavy atom. The molecule has 0 bridgehead atoms. The molecule has 0 unspecified atom stereocenters. The number of halogens is 3. The molecule has 4 nitrogen and oxygen atoms in total. The Morgan fingerprint density at radius 3 is 2.20 bits per heavy atom. The van der Waals surface area contributed by atoms with Crippen molar-refractivity contribution in [3.8, 4) is 0 Å². The van der Waals surface area contributed by atoms with Crippen LogP contribution in [0.4, 0.5) is 0 Å². The molecule has 0 radical (unpaired) electrons. The van der Waals surface area contributed by atoms with Crippen LogP contribution in [0.2, 0.25) is 15.1 Å². The Kier molecular flexibility index (Phi) is 7.56. The zero-order valence-corrected chi connectivity index (χ0v) is 15.6. The molecule has 0 heterocycles. The number of benzene rings is 2. The molecule has 0 spiro atoms. The summed E-state index contributed by atoms with van der Waals surface area (Å²) in [6.45, 7) is 0.679. The average molecular weight is 400 g/mol. The van der Waals surface area contributed by atoms with Crippen molar-refractivity contribution in [2.45, 2.75) is 12.8 Å². The monoisotopic (exact) mass is 398 g/mol. The van der Waals surface area contributed by atoms with Gasteiger partial charge in [-0.2, -0.15) is 0 Å². The maximum absolute atomic E-state index is 12.0. The molecule has 0 aliphatic carbocycles. The highest BCUT2D eigenvalue weighted by Crippen LogP contribution is 2.22. The minimum Gasteiger partial charge on any atom is -0.354 e. The third-order valence-corrected chi connectivity index (χ3v) is 4.46. The Balaban J connectivity index is 1.66. The van der Waals surface area contributed by atoms with Crippen LogP contribution in [0, 0.1) is 0 Å². The van der Waals surface area contributed by atoms with Gasteiger partial charge in [0.15, 0.2) is 0 Å². The number of amides is 2. The molecule has 0 fully saturated rings. The van der Waals surface area contributed by atoms with Crippen LogP contribution in [0.15, 0.2) is 42.5 Å². The van der Waals surface area contributed by atoms with Gasteiger partial charge in [0.05, 0.1) is 10.0 Å². The first-order valence-corrected chi connectivity index (χ1v) is 8.83. The highest BCUT2D eigenvalue weighted by atomic mass is 35.5. The van der Waals surface area contributed by atoms with E-state index in [-0.39, 0.29) is 11.8 Å². The van der Waals surface area contributed by atoms with Crippen LogP contribution in [-0.2, 0) is 11.2 Å². The summed E-state index contributed by atoms with van der Waals surface area (Å²) in [5.41, 5.74) is 1.47. The highest BCUT2D eigenvalue weighted by molar-refractivity contribution is 6.42. The average Bonchev–Trinajstić information content (AvgIpc) is 2.60. The molecule has 132 valence electrons. The van der Waals surface area contributed by atoms with Gasteiger partial charge in [-0.15, -0.1) is 0 Å². The van der Waals surface area contributed by atoms with Crippen molar-refractivity contribution in [2.75, 3.05) is 13.1 Å². The lowest BCUT2D eigenvalue weighted by Crippen LogP contribution is -2.34. The normalized spacial score (nSPS) is 10.4. The number of nitrogens with one attached hydrogen (secondary N) is 2. The maximum Gasteiger partial charge on any atom is 0.251 e. The second kappa shape index (κ2) is 9.66. The second-order valence-electron chi connectivity index (χ2n) is 5.36. The van der Waals surface area contributed by atoms with E-state index in [0.717, 1.165) is 5.56 Å². The molecular weight excluding hydrogens is 383 g/mol. The second-order valence-corrected chi connectivity index (χ2v) is 6.61. The summed E-state index contributed by atoms with van der Waals surface area (Å²) in [4.78, 5) is 23.8. The van der Waals surface area contributed by atoms with Crippen molar-refractivity contribution < 1.29 is 9.59 Å². The first kappa shape index (κ1) is 19.6. The molecule has 2 N–H and O–H groups in total. The van der Waals surface area contributed by atoms with E-state index in [2.05, 4.69) is 10.6 Å². The van der Waals surface area contributed by atoms with Crippen molar-refractivity contribution in [1.29, 1.82) is 0 Å². The van der Waals surface area contributed by atoms with Crippen LogP contribution >= 0.6 is 34.8 Å². The molecule has 0 saturated carbocycles. The smallest absolute Gasteiger partial charge is 0.251 e. The third-order valence-electron chi connectivity index (χ3n) is 3.47. The number of hydrogen-bond acceptors (Lipinski definition) is 2. The van der Waals surface area contributed by atoms with Crippen molar-refractivity contribution in [1.82, 2.24) is 10.6 Å². The molecule has 2 aromatic carbocycles. The van der Waals surface area contributed by atoms with Gasteiger partial charge in [-0.25, -0.2) is 0 Å². The lowest BCUT2D eigenvalue weighted by Gasteiger charge is -2.08. The lowest BCUT2D eigenvalue weighted by atomic mass is 10.1. The summed E-state index contributed by atoms with van der Waals surface area (Å²) in [6.07, 6.45) is 1.01. The van der Waals surface area contributed by atoms with Crippen LogP contribution in [0.3, 0.4) is 0 Å². The number of aryl methyl sites for hydroxylation is 1. The third kappa shape index (κ3) is 6.58. The summed E-state index contributed by atoms with van der Waals surface area (Å²) in [7, 11) is 0. The molecule has 0 atom stereocenters. The molecular formula is C18H17Cl3N2O2. The number of hydrogen-bond donors (Lipinski definition) is 2. The standard InChI is InChI=1S/C18H17Cl3N2O2/c19-14-5-1-12(2-6-14)3-8-17(24)22-9-10-23-18(25)13-4-7-15(20)16(21)11-13/h1-2,4-7,11H,3,8-10H2,(H,22,24)(H,23,25). The van der Waals surface area contributed by atoms with E-state index in [1.54, 1.807) is 24.3 Å². The molecule has 0 aliphatic rings. The van der Waals surface area contributed by atoms with E-state index in [4.69, 9.17) is 34.8 Å². The largest absolute Gasteiger partial charge is 0.354 e. The van der Waals surface area contributed by atoms with E-state index >= 15 is 0 Å². The summed E-state index contributed by atoms with van der Waals surface area (Å²) in [6, 6.07) is 12.1. The fourth-order valence-electron chi connectivity index (χ4n) is 2.11. The molecule has 2 aromatic rings. The van der Waals surface area contributed by atoms with Crippen LogP contribution < -0.4 is 10.6 Å². The molecule has 7 heteroatoms. The topological polar surface area (TPSA) is 58.2 Å². The van der Waals surface area contributed by atoms with Crippen LogP contribution in [0.5, 0.6) is 0 Å². The summed E-state index contributed by atoms with van der Waals surface area (Å²) >= 11 is 17.5. The number of carbonyl (C=O) groups is 2. The van der Waals surface area contributed by atoms with E-state index in [9.17, 15) is 9.59 Å². The van der Waals surface area contributed by atoms with E-state index in [1.165, 1.54) is 6.07 Å². The van der Waals surface area contributed by atoms with E-state index < -0.39 is 0 Å². The zero-order chi connectivity index (χ0) is 18.2. The predicted octanol–water partition coefficient (Wildman–Crippen LogP) is 4.13. The highest BCUT2D eigenvalue weighted by Gasteiger charge is 2.08. The van der Waals surface area contributed by atoms with Gasteiger partial charge in [-0.3, -0.25) is 9.59 Å². The van der Waals surface area contributed by atoms with Gasteiger partial charge in [0.25, 0.3) is 5.91 Å². The maximum atomic E-state index is 12.0. The fourth-order valence-corrected chi connectivity index (χ4v) is 2.54. The number of rotatable bonds is 7. The molecule has 25 heavy (non-hydrogen) atoms. The summed E-state index contributed by atoms with van der Waals surface area (Å²) < 4.78 is 0. The SMILES string of the molecule is O=C(CCc1ccc(Cl)cc1)NCCNC(=O)c1ccc(Cl)c(Cl)c1. The van der Waals surface area contributed by atoms with Crippen molar-refractivity contribution in [3.05, 3.63) is 68.7 Å². The Hall–Kier alpha value is -1.75. The van der Waals surface area contributed by atoms with Gasteiger partial charge in [0, 0.05) is 30.1 Å². The van der Waals surface area contributed by atoms with Crippen LogP contribution in [0.25, 0.3) is 0 Å². The quantitative estimate of drug-likeness (QED) is 0.688. The van der Waals surface area contributed by atoms with Gasteiger partial charge in [0.1, 0.15) is 0 Å². The summed E-state index contributed by atoms with van der Waals surface area (Å²) in [5, 5.41) is 6.87. The molecule has 0 aliphatic heterocycles. The molecule has 0 aromatic heterocycles. The predicted molar refractivity (Wildman–Crippen MR) is 102 cm³/mol. The van der Waals surface area contributed by atoms with Gasteiger partial charge < -0.3 is 10.6 Å². The molecule has 2 rings (SSSR count). The Morgan fingerprint density at radius 1 is 0.840 bits per heavy atom. The Labute approximate surface area is 161 Å². The fraction of sp³-hybridized carbons (Fsp3) is 0.222. The first-order valence-electron chi connectivity index (χ1n) is 7.70. The van der Waals surface area contributed by atoms with Crippen molar-refractivity contribution >= 4 is 46.6 Å². The first-order chi connectivity index (χ1) is 12.0. The lowest BCUT2D eigenvalue weighted by molar-refractivity contribution is -0.121. The van der Waals surface area contributed by atoms with Crippen molar-refractivity contribution in [3.63, 3.8) is 0 Å². The van der Waals surface area contributed by atoms with E-state index in [0.29, 0.717) is 46.6 Å². The zero-order valence-electron chi connectivity index (χ0n) is 13.3. The van der Waals surface area contributed by atoms with Crippen LogP contribution in [0.1, 0.15) is 22.3 Å². The summed E-state index contributed by atoms with van der Waals surface area (Å²) in [5.74, 6) is -0.340. The van der Waals surface area contributed by atoms with Gasteiger partial charge in [-0.05, 0) is 42.3 Å². The van der Waals surface area contributed by atoms with Gasteiger partial charge in [-0.1, -0.05) is 46.9 Å². The minimum absolute atomic E-state index is 0.0706. The minimum atomic E-state index is -0.269. The van der Waals surface area contributed by atoms with Gasteiger partial charge in [0.2, 0.25) is 5.91 Å².